The van der Waals surface area contributed by atoms with Crippen LogP contribution in [-0.4, -0.2) is 44.2 Å². The number of rotatable bonds is 5. The molecule has 6 heteroatoms. The second-order valence-corrected chi connectivity index (χ2v) is 7.49. The first-order valence-electron chi connectivity index (χ1n) is 6.75. The molecule has 0 amide bonds. The van der Waals surface area contributed by atoms with Gasteiger partial charge in [-0.2, -0.15) is 0 Å². The molecule has 1 fully saturated rings. The summed E-state index contributed by atoms with van der Waals surface area (Å²) in [4.78, 5) is 0. The quantitative estimate of drug-likeness (QED) is 0.878. The van der Waals surface area contributed by atoms with Crippen molar-refractivity contribution in [2.75, 3.05) is 26.0 Å². The summed E-state index contributed by atoms with van der Waals surface area (Å²) in [5, 5.41) is 0. The van der Waals surface area contributed by atoms with E-state index in [0.717, 1.165) is 5.56 Å². The molecule has 1 saturated heterocycles. The van der Waals surface area contributed by atoms with E-state index >= 15 is 0 Å². The Morgan fingerprint density at radius 2 is 1.85 bits per heavy atom. The number of nitrogens with two attached hydrogens (primary N) is 1. The number of nitrogens with zero attached hydrogens (tertiary/aromatic N) is 1. The van der Waals surface area contributed by atoms with Gasteiger partial charge in [-0.15, -0.1) is 0 Å². The molecule has 1 aliphatic rings. The fourth-order valence-corrected chi connectivity index (χ4v) is 3.20. The lowest BCUT2D eigenvalue weighted by atomic mass is 9.90. The van der Waals surface area contributed by atoms with E-state index in [-0.39, 0.29) is 0 Å². The monoisotopic (exact) mass is 298 g/mol. The Bertz CT molecular complexity index is 523. The molecule has 20 heavy (non-hydrogen) atoms. The van der Waals surface area contributed by atoms with Gasteiger partial charge in [0.15, 0.2) is 0 Å². The summed E-state index contributed by atoms with van der Waals surface area (Å²) in [6, 6.07) is 9.93. The largest absolute Gasteiger partial charge is 0.375 e. The van der Waals surface area contributed by atoms with E-state index in [1.54, 1.807) is 0 Å². The summed E-state index contributed by atoms with van der Waals surface area (Å²) < 4.78 is 30.1. The van der Waals surface area contributed by atoms with Gasteiger partial charge in [-0.05, 0) is 18.4 Å². The molecule has 0 spiro atoms. The lowest BCUT2D eigenvalue weighted by molar-refractivity contribution is 0.0520. The molecule has 0 saturated carbocycles. The molecule has 0 unspecified atom stereocenters. The number of sulfonamides is 1. The number of benzene rings is 1. The molecule has 1 aromatic carbocycles. The molecule has 2 rings (SSSR count). The zero-order valence-corrected chi connectivity index (χ0v) is 12.6. The van der Waals surface area contributed by atoms with Crippen molar-refractivity contribution in [3.05, 3.63) is 35.9 Å². The summed E-state index contributed by atoms with van der Waals surface area (Å²) in [5.41, 5.74) is 6.98. The molecule has 112 valence electrons. The molecule has 1 aromatic rings. The Morgan fingerprint density at radius 1 is 1.25 bits per heavy atom. The maximum atomic E-state index is 11.5. The Morgan fingerprint density at radius 3 is 2.40 bits per heavy atom. The van der Waals surface area contributed by atoms with Crippen LogP contribution in [0.1, 0.15) is 18.4 Å². The van der Waals surface area contributed by atoms with Crippen molar-refractivity contribution in [2.24, 2.45) is 5.73 Å². The van der Waals surface area contributed by atoms with Crippen LogP contribution in [0, 0.1) is 0 Å². The molecule has 0 radical (unpaired) electrons. The molecular weight excluding hydrogens is 276 g/mol. The van der Waals surface area contributed by atoms with Gasteiger partial charge in [0.25, 0.3) is 0 Å². The fourth-order valence-electron chi connectivity index (χ4n) is 2.35. The van der Waals surface area contributed by atoms with E-state index in [9.17, 15) is 8.42 Å². The number of piperidine rings is 1. The number of hydrogen-bond donors (Lipinski definition) is 1. The molecule has 1 aliphatic heterocycles. The molecule has 5 nitrogen and oxygen atoms in total. The first kappa shape index (κ1) is 15.4. The third-order valence-corrected chi connectivity index (χ3v) is 4.99. The van der Waals surface area contributed by atoms with Crippen LogP contribution in [0.15, 0.2) is 30.3 Å². The second-order valence-electron chi connectivity index (χ2n) is 5.50. The van der Waals surface area contributed by atoms with Gasteiger partial charge in [-0.25, -0.2) is 12.7 Å². The standard InChI is InChI=1S/C14H22N2O3S/c1-20(17,18)16-9-7-14(15,8-10-16)12-19-11-13-5-3-2-4-6-13/h2-6H,7-12,15H2,1H3. The van der Waals surface area contributed by atoms with Gasteiger partial charge in [0, 0.05) is 18.6 Å². The van der Waals surface area contributed by atoms with Crippen molar-refractivity contribution in [1.29, 1.82) is 0 Å². The average molecular weight is 298 g/mol. The van der Waals surface area contributed by atoms with Crippen molar-refractivity contribution < 1.29 is 13.2 Å². The summed E-state index contributed by atoms with van der Waals surface area (Å²) in [6.45, 7) is 1.95. The Balaban J connectivity index is 1.79. The van der Waals surface area contributed by atoms with Crippen molar-refractivity contribution in [3.63, 3.8) is 0 Å². The molecule has 0 bridgehead atoms. The minimum atomic E-state index is -3.10. The zero-order valence-electron chi connectivity index (χ0n) is 11.8. The Hall–Kier alpha value is -0.950. The number of hydrogen-bond acceptors (Lipinski definition) is 4. The SMILES string of the molecule is CS(=O)(=O)N1CCC(N)(COCc2ccccc2)CC1. The first-order chi connectivity index (χ1) is 9.39. The van der Waals surface area contributed by atoms with Crippen molar-refractivity contribution in [3.8, 4) is 0 Å². The summed E-state index contributed by atoms with van der Waals surface area (Å²) >= 11 is 0. The Labute approximate surface area is 120 Å². The van der Waals surface area contributed by atoms with Crippen LogP contribution in [0.2, 0.25) is 0 Å². The lowest BCUT2D eigenvalue weighted by Gasteiger charge is -2.37. The summed E-state index contributed by atoms with van der Waals surface area (Å²) in [5.74, 6) is 0. The first-order valence-corrected chi connectivity index (χ1v) is 8.60. The van der Waals surface area contributed by atoms with Gasteiger partial charge in [-0.1, -0.05) is 30.3 Å². The van der Waals surface area contributed by atoms with Crippen LogP contribution in [0.3, 0.4) is 0 Å². The van der Waals surface area contributed by atoms with Crippen LogP contribution in [0.5, 0.6) is 0 Å². The highest BCUT2D eigenvalue weighted by molar-refractivity contribution is 7.88. The highest BCUT2D eigenvalue weighted by Crippen LogP contribution is 2.22. The van der Waals surface area contributed by atoms with E-state index in [4.69, 9.17) is 10.5 Å². The molecular formula is C14H22N2O3S. The molecule has 0 aliphatic carbocycles. The van der Waals surface area contributed by atoms with Gasteiger partial charge in [0.2, 0.25) is 10.0 Å². The van der Waals surface area contributed by atoms with E-state index in [2.05, 4.69) is 0 Å². The van der Waals surface area contributed by atoms with Gasteiger partial charge < -0.3 is 10.5 Å². The van der Waals surface area contributed by atoms with Crippen molar-refractivity contribution >= 4 is 10.0 Å². The summed E-state index contributed by atoms with van der Waals surface area (Å²) in [7, 11) is -3.10. The molecule has 0 aromatic heterocycles. The predicted molar refractivity (Wildman–Crippen MR) is 78.7 cm³/mol. The molecule has 2 N–H and O–H groups in total. The fraction of sp³-hybridized carbons (Fsp3) is 0.571. The second kappa shape index (κ2) is 6.22. The van der Waals surface area contributed by atoms with Crippen LogP contribution >= 0.6 is 0 Å². The van der Waals surface area contributed by atoms with Crippen LogP contribution in [0.25, 0.3) is 0 Å². The van der Waals surface area contributed by atoms with E-state index in [0.29, 0.717) is 39.1 Å². The minimum Gasteiger partial charge on any atom is -0.375 e. The molecule has 0 atom stereocenters. The van der Waals surface area contributed by atoms with E-state index < -0.39 is 15.6 Å². The summed E-state index contributed by atoms with van der Waals surface area (Å²) in [6.07, 6.45) is 2.51. The average Bonchev–Trinajstić information content (AvgIpc) is 2.39. The Kier molecular flexibility index (Phi) is 4.80. The van der Waals surface area contributed by atoms with Crippen molar-refractivity contribution in [1.82, 2.24) is 4.31 Å². The minimum absolute atomic E-state index is 0.421. The van der Waals surface area contributed by atoms with Gasteiger partial charge in [0.1, 0.15) is 0 Å². The third-order valence-electron chi connectivity index (χ3n) is 3.69. The maximum absolute atomic E-state index is 11.5. The predicted octanol–water partition coefficient (Wildman–Crippen LogP) is 0.956. The van der Waals surface area contributed by atoms with Gasteiger partial charge in [-0.3, -0.25) is 0 Å². The van der Waals surface area contributed by atoms with E-state index in [1.807, 2.05) is 30.3 Å². The van der Waals surface area contributed by atoms with Gasteiger partial charge >= 0.3 is 0 Å². The highest BCUT2D eigenvalue weighted by atomic mass is 32.2. The topological polar surface area (TPSA) is 72.6 Å². The smallest absolute Gasteiger partial charge is 0.211 e. The highest BCUT2D eigenvalue weighted by Gasteiger charge is 2.33. The molecule has 1 heterocycles. The zero-order chi connectivity index (χ0) is 14.6. The van der Waals surface area contributed by atoms with Gasteiger partial charge in [0.05, 0.1) is 19.5 Å². The van der Waals surface area contributed by atoms with Crippen LogP contribution in [0.4, 0.5) is 0 Å². The number of ether oxygens (including phenoxy) is 1. The van der Waals surface area contributed by atoms with Crippen LogP contribution in [-0.2, 0) is 21.4 Å². The maximum Gasteiger partial charge on any atom is 0.211 e. The third kappa shape index (κ3) is 4.28. The lowest BCUT2D eigenvalue weighted by Crippen LogP contribution is -2.54. The van der Waals surface area contributed by atoms with E-state index in [1.165, 1.54) is 10.6 Å². The van der Waals surface area contributed by atoms with Crippen LogP contribution < -0.4 is 5.73 Å². The van der Waals surface area contributed by atoms with Crippen molar-refractivity contribution in [2.45, 2.75) is 25.0 Å². The normalized spacial score (nSPS) is 19.9.